The van der Waals surface area contributed by atoms with Gasteiger partial charge in [-0.05, 0) is 33.2 Å². The number of ether oxygens (including phenoxy) is 1. The molecule has 2 aromatic heterocycles. The summed E-state index contributed by atoms with van der Waals surface area (Å²) in [6, 6.07) is 3.96. The van der Waals surface area contributed by atoms with Gasteiger partial charge in [-0.1, -0.05) is 0 Å². The lowest BCUT2D eigenvalue weighted by Crippen LogP contribution is -2.21. The molecule has 0 spiro atoms. The van der Waals surface area contributed by atoms with Gasteiger partial charge in [-0.3, -0.25) is 4.68 Å². The number of aryl methyl sites for hydroxylation is 1. The van der Waals surface area contributed by atoms with Gasteiger partial charge in [0.2, 0.25) is 0 Å². The van der Waals surface area contributed by atoms with E-state index in [4.69, 9.17) is 4.74 Å². The molecular weight excluding hydrogens is 274 g/mol. The molecule has 0 saturated heterocycles. The van der Waals surface area contributed by atoms with Crippen LogP contribution in [0.4, 0.5) is 0 Å². The molecule has 0 aromatic carbocycles. The van der Waals surface area contributed by atoms with Crippen LogP contribution >= 0.6 is 11.3 Å². The first-order valence-corrected chi connectivity index (χ1v) is 7.33. The molecule has 2 rings (SSSR count). The highest BCUT2D eigenvalue weighted by molar-refractivity contribution is 7.12. The molecule has 0 fully saturated rings. The smallest absolute Gasteiger partial charge is 0.163 e. The third-order valence-electron chi connectivity index (χ3n) is 3.11. The van der Waals surface area contributed by atoms with Crippen molar-refractivity contribution < 1.29 is 9.84 Å². The highest BCUT2D eigenvalue weighted by atomic mass is 32.1. The molecule has 1 N–H and O–H groups in total. The summed E-state index contributed by atoms with van der Waals surface area (Å²) in [4.78, 5) is 4.17. The molecule has 0 saturated carbocycles. The van der Waals surface area contributed by atoms with Crippen LogP contribution in [0.1, 0.15) is 21.6 Å². The van der Waals surface area contributed by atoms with Crippen LogP contribution in [0, 0.1) is 6.92 Å². The first-order valence-electron chi connectivity index (χ1n) is 6.51. The minimum atomic E-state index is -0.701. The number of aliphatic hydroxyl groups excluding tert-OH is 1. The first kappa shape index (κ1) is 15.0. The Morgan fingerprint density at radius 1 is 1.45 bits per heavy atom. The van der Waals surface area contributed by atoms with Crippen LogP contribution in [0.15, 0.2) is 18.3 Å². The fourth-order valence-electron chi connectivity index (χ4n) is 2.02. The Hall–Kier alpha value is -1.37. The minimum Gasteiger partial charge on any atom is -0.493 e. The van der Waals surface area contributed by atoms with E-state index < -0.39 is 6.10 Å². The molecule has 1 atom stereocenters. The van der Waals surface area contributed by atoms with Crippen molar-refractivity contribution in [2.24, 2.45) is 0 Å². The van der Waals surface area contributed by atoms with Crippen LogP contribution in [0.3, 0.4) is 0 Å². The van der Waals surface area contributed by atoms with Gasteiger partial charge < -0.3 is 14.7 Å². The van der Waals surface area contributed by atoms with Crippen LogP contribution in [0.2, 0.25) is 0 Å². The summed E-state index contributed by atoms with van der Waals surface area (Å²) in [5, 5.41) is 14.9. The predicted molar refractivity (Wildman–Crippen MR) is 80.5 cm³/mol. The molecule has 0 amide bonds. The maximum Gasteiger partial charge on any atom is 0.163 e. The molecule has 0 aliphatic rings. The second-order valence-electron chi connectivity index (χ2n) is 4.98. The van der Waals surface area contributed by atoms with E-state index in [1.165, 1.54) is 4.88 Å². The van der Waals surface area contributed by atoms with E-state index in [9.17, 15) is 5.11 Å². The maximum atomic E-state index is 10.6. The molecule has 0 aliphatic carbocycles. The third kappa shape index (κ3) is 3.20. The maximum absolute atomic E-state index is 10.6. The average Bonchev–Trinajstić information content (AvgIpc) is 3.01. The molecular formula is C14H21N3O2S. The third-order valence-corrected chi connectivity index (χ3v) is 4.17. The molecule has 6 heteroatoms. The number of likely N-dealkylation sites (N-methyl/N-ethyl adjacent to an activating group) is 1. The van der Waals surface area contributed by atoms with Crippen molar-refractivity contribution in [2.75, 3.05) is 27.7 Å². The van der Waals surface area contributed by atoms with Gasteiger partial charge in [0.05, 0.1) is 19.9 Å². The summed E-state index contributed by atoms with van der Waals surface area (Å²) < 4.78 is 7.15. The lowest BCUT2D eigenvalue weighted by atomic mass is 10.2. The number of aliphatic hydroxyl groups is 1. The second-order valence-corrected chi connectivity index (χ2v) is 6.30. The van der Waals surface area contributed by atoms with Gasteiger partial charge in [0.25, 0.3) is 0 Å². The second kappa shape index (κ2) is 6.39. The van der Waals surface area contributed by atoms with Crippen molar-refractivity contribution in [1.82, 2.24) is 14.7 Å². The lowest BCUT2D eigenvalue weighted by Gasteiger charge is -2.15. The Bertz CT molecular complexity index is 563. The number of hydrogen-bond donors (Lipinski definition) is 1. The molecule has 5 nitrogen and oxygen atoms in total. The van der Waals surface area contributed by atoms with E-state index in [1.54, 1.807) is 24.6 Å². The van der Waals surface area contributed by atoms with Crippen molar-refractivity contribution >= 4 is 11.3 Å². The first-order chi connectivity index (χ1) is 9.52. The Kier molecular flexibility index (Phi) is 4.80. The molecule has 1 unspecified atom stereocenters. The van der Waals surface area contributed by atoms with Crippen molar-refractivity contribution in [3.05, 3.63) is 33.8 Å². The number of aromatic nitrogens is 2. The molecule has 0 bridgehead atoms. The fraction of sp³-hybridized carbons (Fsp3) is 0.500. The average molecular weight is 295 g/mol. The van der Waals surface area contributed by atoms with Gasteiger partial charge in [0.15, 0.2) is 5.75 Å². The van der Waals surface area contributed by atoms with Gasteiger partial charge in [-0.15, -0.1) is 11.3 Å². The summed E-state index contributed by atoms with van der Waals surface area (Å²) in [6.45, 7) is 3.60. The monoisotopic (exact) mass is 295 g/mol. The predicted octanol–water partition coefficient (Wildman–Crippen LogP) is 1.90. The van der Waals surface area contributed by atoms with Gasteiger partial charge in [0, 0.05) is 16.3 Å². The molecule has 2 heterocycles. The Labute approximate surface area is 123 Å². The lowest BCUT2D eigenvalue weighted by molar-refractivity contribution is 0.203. The molecule has 0 aliphatic heterocycles. The van der Waals surface area contributed by atoms with E-state index in [2.05, 4.69) is 10.00 Å². The highest BCUT2D eigenvalue weighted by Crippen LogP contribution is 2.33. The van der Waals surface area contributed by atoms with Gasteiger partial charge >= 0.3 is 0 Å². The van der Waals surface area contributed by atoms with Crippen LogP contribution in [0.25, 0.3) is 0 Å². The SMILES string of the molecule is COc1cnn(CCN(C)C)c1C(O)c1ccc(C)s1. The summed E-state index contributed by atoms with van der Waals surface area (Å²) in [7, 11) is 5.63. The summed E-state index contributed by atoms with van der Waals surface area (Å²) in [5.41, 5.74) is 0.719. The number of methoxy groups -OCH3 is 1. The largest absolute Gasteiger partial charge is 0.493 e. The number of rotatable bonds is 6. The summed E-state index contributed by atoms with van der Waals surface area (Å²) in [5.74, 6) is 0.627. The van der Waals surface area contributed by atoms with Gasteiger partial charge in [0.1, 0.15) is 11.8 Å². The van der Waals surface area contributed by atoms with Crippen molar-refractivity contribution in [2.45, 2.75) is 19.6 Å². The topological polar surface area (TPSA) is 50.5 Å². The molecule has 2 aromatic rings. The standard InChI is InChI=1S/C14H21N3O2S/c1-10-5-6-12(20-10)14(18)13-11(19-4)9-15-17(13)8-7-16(2)3/h5-6,9,14,18H,7-8H2,1-4H3. The molecule has 20 heavy (non-hydrogen) atoms. The van der Waals surface area contributed by atoms with E-state index in [-0.39, 0.29) is 0 Å². The summed E-state index contributed by atoms with van der Waals surface area (Å²) in [6.07, 6.45) is 0.961. The quantitative estimate of drug-likeness (QED) is 0.884. The number of hydrogen-bond acceptors (Lipinski definition) is 5. The van der Waals surface area contributed by atoms with E-state index in [0.29, 0.717) is 12.3 Å². The molecule has 110 valence electrons. The zero-order chi connectivity index (χ0) is 14.7. The Morgan fingerprint density at radius 2 is 2.20 bits per heavy atom. The number of thiophene rings is 1. The van der Waals surface area contributed by atoms with Crippen LogP contribution in [-0.2, 0) is 6.54 Å². The van der Waals surface area contributed by atoms with Gasteiger partial charge in [-0.25, -0.2) is 0 Å². The summed E-state index contributed by atoms with van der Waals surface area (Å²) >= 11 is 1.59. The zero-order valence-corrected chi connectivity index (χ0v) is 13.1. The van der Waals surface area contributed by atoms with E-state index in [1.807, 2.05) is 37.8 Å². The van der Waals surface area contributed by atoms with Crippen molar-refractivity contribution in [1.29, 1.82) is 0 Å². The fourth-order valence-corrected chi connectivity index (χ4v) is 2.89. The van der Waals surface area contributed by atoms with Crippen LogP contribution in [0.5, 0.6) is 5.75 Å². The Morgan fingerprint density at radius 3 is 2.75 bits per heavy atom. The number of nitrogens with zero attached hydrogens (tertiary/aromatic N) is 3. The molecule has 0 radical (unpaired) electrons. The van der Waals surface area contributed by atoms with Crippen LogP contribution < -0.4 is 4.74 Å². The van der Waals surface area contributed by atoms with Crippen LogP contribution in [-0.4, -0.2) is 47.5 Å². The van der Waals surface area contributed by atoms with Crippen molar-refractivity contribution in [3.63, 3.8) is 0 Å². The normalized spacial score (nSPS) is 12.9. The minimum absolute atomic E-state index is 0.627. The van der Waals surface area contributed by atoms with E-state index >= 15 is 0 Å². The Balaban J connectivity index is 2.30. The van der Waals surface area contributed by atoms with Gasteiger partial charge in [-0.2, -0.15) is 5.10 Å². The van der Waals surface area contributed by atoms with Crippen molar-refractivity contribution in [3.8, 4) is 5.75 Å². The zero-order valence-electron chi connectivity index (χ0n) is 12.3. The highest BCUT2D eigenvalue weighted by Gasteiger charge is 2.22. The van der Waals surface area contributed by atoms with E-state index in [0.717, 1.165) is 17.1 Å².